The lowest BCUT2D eigenvalue weighted by atomic mass is 10.00. The summed E-state index contributed by atoms with van der Waals surface area (Å²) in [5, 5.41) is 3.28. The van der Waals surface area contributed by atoms with Gasteiger partial charge in [-0.3, -0.25) is 4.79 Å². The molecule has 0 saturated heterocycles. The quantitative estimate of drug-likeness (QED) is 0.733. The third kappa shape index (κ3) is 5.43. The third-order valence-electron chi connectivity index (χ3n) is 3.20. The maximum atomic E-state index is 10.8. The summed E-state index contributed by atoms with van der Waals surface area (Å²) in [4.78, 5) is 10.8. The summed E-state index contributed by atoms with van der Waals surface area (Å²) >= 11 is 0. The van der Waals surface area contributed by atoms with E-state index in [0.29, 0.717) is 12.3 Å². The molecule has 19 heavy (non-hydrogen) atoms. The lowest BCUT2D eigenvalue weighted by molar-refractivity contribution is -0.116. The molecule has 0 fully saturated rings. The fourth-order valence-electron chi connectivity index (χ4n) is 1.94. The van der Waals surface area contributed by atoms with Crippen LogP contribution in [0.3, 0.4) is 0 Å². The first kappa shape index (κ1) is 15.7. The van der Waals surface area contributed by atoms with Crippen LogP contribution in [0.4, 0.5) is 0 Å². The van der Waals surface area contributed by atoms with Crippen LogP contribution in [0.15, 0.2) is 18.2 Å². The number of carbonyl (C=O) groups excluding carboxylic acids is 1. The van der Waals surface area contributed by atoms with Gasteiger partial charge in [0.05, 0.1) is 7.11 Å². The largest absolute Gasteiger partial charge is 0.496 e. The highest BCUT2D eigenvalue weighted by Crippen LogP contribution is 2.24. The first-order valence-corrected chi connectivity index (χ1v) is 6.91. The molecule has 0 amide bonds. The number of hydrogen-bond donors (Lipinski definition) is 1. The van der Waals surface area contributed by atoms with Crippen LogP contribution in [0.25, 0.3) is 0 Å². The van der Waals surface area contributed by atoms with Crippen LogP contribution in [-0.2, 0) is 11.2 Å². The lowest BCUT2D eigenvalue weighted by Crippen LogP contribution is -2.20. The van der Waals surface area contributed by atoms with Crippen molar-refractivity contribution < 1.29 is 9.53 Å². The fraction of sp³-hybridized carbons (Fsp3) is 0.562. The second-order valence-corrected chi connectivity index (χ2v) is 5.18. The average molecular weight is 263 g/mol. The number of ketones is 1. The molecular formula is C16H25NO2. The molecule has 1 aromatic carbocycles. The van der Waals surface area contributed by atoms with Crippen LogP contribution in [0, 0.1) is 0 Å². The minimum Gasteiger partial charge on any atom is -0.496 e. The lowest BCUT2D eigenvalue weighted by Gasteiger charge is -2.13. The van der Waals surface area contributed by atoms with E-state index in [0.717, 1.165) is 25.3 Å². The second-order valence-electron chi connectivity index (χ2n) is 5.18. The molecule has 0 aromatic heterocycles. The second kappa shape index (κ2) is 7.95. The molecule has 1 rings (SSSR count). The first-order valence-electron chi connectivity index (χ1n) is 6.91. The molecule has 0 aliphatic heterocycles. The Kier molecular flexibility index (Phi) is 6.57. The molecule has 1 N–H and O–H groups in total. The zero-order valence-electron chi connectivity index (χ0n) is 12.5. The van der Waals surface area contributed by atoms with Gasteiger partial charge in [-0.15, -0.1) is 0 Å². The van der Waals surface area contributed by atoms with Crippen molar-refractivity contribution in [3.05, 3.63) is 29.3 Å². The number of benzene rings is 1. The van der Waals surface area contributed by atoms with Crippen LogP contribution >= 0.6 is 0 Å². The molecule has 0 radical (unpaired) electrons. The standard InChI is InChI=1S/C16H25NO2/c1-12(2)15-6-5-14(16(11-15)19-4)8-10-17-9-7-13(3)18/h5-6,11-12,17H,7-10H2,1-4H3. The summed E-state index contributed by atoms with van der Waals surface area (Å²) in [6.45, 7) is 7.59. The summed E-state index contributed by atoms with van der Waals surface area (Å²) in [7, 11) is 1.71. The van der Waals surface area contributed by atoms with E-state index in [2.05, 4.69) is 37.4 Å². The summed E-state index contributed by atoms with van der Waals surface area (Å²) in [6.07, 6.45) is 1.52. The normalized spacial score (nSPS) is 10.8. The number of methoxy groups -OCH3 is 1. The molecule has 0 aliphatic rings. The maximum absolute atomic E-state index is 10.8. The number of nitrogens with one attached hydrogen (secondary N) is 1. The molecule has 0 heterocycles. The van der Waals surface area contributed by atoms with Crippen molar-refractivity contribution in [2.24, 2.45) is 0 Å². The Morgan fingerprint density at radius 1 is 1.32 bits per heavy atom. The van der Waals surface area contributed by atoms with Crippen molar-refractivity contribution in [2.45, 2.75) is 39.5 Å². The van der Waals surface area contributed by atoms with Crippen LogP contribution in [-0.4, -0.2) is 26.0 Å². The Labute approximate surface area is 116 Å². The first-order chi connectivity index (χ1) is 9.04. The van der Waals surface area contributed by atoms with E-state index < -0.39 is 0 Å². The molecule has 3 heteroatoms. The van der Waals surface area contributed by atoms with E-state index in [1.165, 1.54) is 11.1 Å². The van der Waals surface area contributed by atoms with Crippen molar-refractivity contribution in [3.8, 4) is 5.75 Å². The minimum atomic E-state index is 0.228. The Hall–Kier alpha value is -1.35. The van der Waals surface area contributed by atoms with Crippen molar-refractivity contribution in [1.82, 2.24) is 5.32 Å². The highest BCUT2D eigenvalue weighted by molar-refractivity contribution is 5.75. The SMILES string of the molecule is COc1cc(C(C)C)ccc1CCNCCC(C)=O. The molecule has 0 spiro atoms. The molecule has 0 unspecified atom stereocenters. The van der Waals surface area contributed by atoms with Crippen molar-refractivity contribution in [1.29, 1.82) is 0 Å². The van der Waals surface area contributed by atoms with E-state index >= 15 is 0 Å². The van der Waals surface area contributed by atoms with Gasteiger partial charge in [-0.2, -0.15) is 0 Å². The van der Waals surface area contributed by atoms with Gasteiger partial charge < -0.3 is 10.1 Å². The van der Waals surface area contributed by atoms with Crippen LogP contribution in [0.1, 0.15) is 44.2 Å². The van der Waals surface area contributed by atoms with Gasteiger partial charge in [0.25, 0.3) is 0 Å². The number of carbonyl (C=O) groups is 1. The summed E-state index contributed by atoms with van der Waals surface area (Å²) in [6, 6.07) is 6.43. The highest BCUT2D eigenvalue weighted by Gasteiger charge is 2.06. The van der Waals surface area contributed by atoms with Gasteiger partial charge in [0.1, 0.15) is 11.5 Å². The summed E-state index contributed by atoms with van der Waals surface area (Å²) in [5.41, 5.74) is 2.51. The van der Waals surface area contributed by atoms with Gasteiger partial charge in [-0.05, 0) is 43.0 Å². The molecule has 3 nitrogen and oxygen atoms in total. The van der Waals surface area contributed by atoms with Crippen LogP contribution in [0.2, 0.25) is 0 Å². The van der Waals surface area contributed by atoms with Gasteiger partial charge in [0.2, 0.25) is 0 Å². The molecule has 1 aromatic rings. The van der Waals surface area contributed by atoms with Crippen molar-refractivity contribution in [2.75, 3.05) is 20.2 Å². The van der Waals surface area contributed by atoms with E-state index in [-0.39, 0.29) is 5.78 Å². The zero-order valence-corrected chi connectivity index (χ0v) is 12.5. The van der Waals surface area contributed by atoms with Crippen molar-refractivity contribution in [3.63, 3.8) is 0 Å². The summed E-state index contributed by atoms with van der Waals surface area (Å²) in [5.74, 6) is 1.70. The van der Waals surface area contributed by atoms with Crippen molar-refractivity contribution >= 4 is 5.78 Å². The zero-order chi connectivity index (χ0) is 14.3. The minimum absolute atomic E-state index is 0.228. The Morgan fingerprint density at radius 2 is 2.05 bits per heavy atom. The highest BCUT2D eigenvalue weighted by atomic mass is 16.5. The number of Topliss-reactive ketones (excluding diaryl/α,β-unsaturated/α-hetero) is 1. The third-order valence-corrected chi connectivity index (χ3v) is 3.20. The average Bonchev–Trinajstić information content (AvgIpc) is 2.37. The van der Waals surface area contributed by atoms with Crippen LogP contribution in [0.5, 0.6) is 5.75 Å². The maximum Gasteiger partial charge on any atom is 0.131 e. The van der Waals surface area contributed by atoms with Gasteiger partial charge in [0.15, 0.2) is 0 Å². The predicted octanol–water partition coefficient (Wildman–Crippen LogP) is 2.93. The molecule has 0 bridgehead atoms. The molecule has 0 saturated carbocycles. The van der Waals surface area contributed by atoms with E-state index in [1.807, 2.05) is 0 Å². The van der Waals surface area contributed by atoms with Gasteiger partial charge in [0, 0.05) is 13.0 Å². The van der Waals surface area contributed by atoms with E-state index in [4.69, 9.17) is 4.74 Å². The smallest absolute Gasteiger partial charge is 0.131 e. The fourth-order valence-corrected chi connectivity index (χ4v) is 1.94. The van der Waals surface area contributed by atoms with E-state index in [9.17, 15) is 4.79 Å². The molecular weight excluding hydrogens is 238 g/mol. The number of hydrogen-bond acceptors (Lipinski definition) is 3. The Morgan fingerprint density at radius 3 is 2.63 bits per heavy atom. The Bertz CT molecular complexity index is 413. The Balaban J connectivity index is 2.51. The number of rotatable bonds is 8. The summed E-state index contributed by atoms with van der Waals surface area (Å²) < 4.78 is 5.45. The van der Waals surface area contributed by atoms with Crippen LogP contribution < -0.4 is 10.1 Å². The molecule has 0 atom stereocenters. The monoisotopic (exact) mass is 263 g/mol. The van der Waals surface area contributed by atoms with Gasteiger partial charge >= 0.3 is 0 Å². The topological polar surface area (TPSA) is 38.3 Å². The predicted molar refractivity (Wildman–Crippen MR) is 79.0 cm³/mol. The molecule has 0 aliphatic carbocycles. The number of ether oxygens (including phenoxy) is 1. The van der Waals surface area contributed by atoms with E-state index in [1.54, 1.807) is 14.0 Å². The molecule has 106 valence electrons. The van der Waals surface area contributed by atoms with Gasteiger partial charge in [-0.25, -0.2) is 0 Å². The van der Waals surface area contributed by atoms with Gasteiger partial charge in [-0.1, -0.05) is 26.0 Å².